The van der Waals surface area contributed by atoms with Crippen molar-refractivity contribution in [3.8, 4) is 0 Å². The van der Waals surface area contributed by atoms with Gasteiger partial charge < -0.3 is 14.7 Å². The molecule has 0 radical (unpaired) electrons. The number of aromatic nitrogens is 1. The molecule has 1 heterocycles. The van der Waals surface area contributed by atoms with Gasteiger partial charge in [-0.25, -0.2) is 0 Å². The van der Waals surface area contributed by atoms with Crippen LogP contribution < -0.4 is 5.32 Å². The van der Waals surface area contributed by atoms with Crippen molar-refractivity contribution < 1.29 is 14.1 Å². The lowest BCUT2D eigenvalue weighted by molar-refractivity contribution is -0.139. The second-order valence-corrected chi connectivity index (χ2v) is 5.88. The van der Waals surface area contributed by atoms with Gasteiger partial charge in [0.05, 0.1) is 6.54 Å². The molecule has 1 aliphatic carbocycles. The molecule has 22 heavy (non-hydrogen) atoms. The van der Waals surface area contributed by atoms with Crippen molar-refractivity contribution in [3.63, 3.8) is 0 Å². The first-order valence-corrected chi connectivity index (χ1v) is 8.19. The minimum Gasteiger partial charge on any atom is -0.363 e. The summed E-state index contributed by atoms with van der Waals surface area (Å²) in [6, 6.07) is 1.58. The van der Waals surface area contributed by atoms with Crippen LogP contribution in [-0.2, 0) is 9.59 Å². The normalized spacial score (nSPS) is 15.5. The highest BCUT2D eigenvalue weighted by Crippen LogP contribution is 2.25. The quantitative estimate of drug-likeness (QED) is 0.840. The largest absolute Gasteiger partial charge is 0.363 e. The Morgan fingerprint density at radius 1 is 1.36 bits per heavy atom. The fraction of sp³-hybridized carbons (Fsp3) is 0.688. The van der Waals surface area contributed by atoms with E-state index in [1.165, 1.54) is 12.7 Å². The summed E-state index contributed by atoms with van der Waals surface area (Å²) < 4.78 is 4.68. The lowest BCUT2D eigenvalue weighted by Crippen LogP contribution is -2.42. The molecule has 6 heteroatoms. The fourth-order valence-electron chi connectivity index (χ4n) is 2.86. The number of carbonyl (C=O) groups excluding carboxylic acids is 2. The lowest BCUT2D eigenvalue weighted by Gasteiger charge is -2.28. The van der Waals surface area contributed by atoms with Crippen molar-refractivity contribution in [3.05, 3.63) is 12.3 Å². The fourth-order valence-corrected chi connectivity index (χ4v) is 2.86. The number of rotatable bonds is 7. The predicted molar refractivity (Wildman–Crippen MR) is 83.2 cm³/mol. The topological polar surface area (TPSA) is 75.4 Å². The van der Waals surface area contributed by atoms with Gasteiger partial charge in [0, 0.05) is 18.5 Å². The van der Waals surface area contributed by atoms with Gasteiger partial charge in [-0.3, -0.25) is 9.59 Å². The molecule has 2 amide bonds. The first-order valence-electron chi connectivity index (χ1n) is 8.19. The second-order valence-electron chi connectivity index (χ2n) is 5.88. The highest BCUT2D eigenvalue weighted by Gasteiger charge is 2.27. The standard InChI is InChI=1S/C16H25N3O3/c1-2-3-10-19(16(21)13-7-5-4-6-8-13)12-15(20)17-14-9-11-22-18-14/h9,11,13H,2-8,10,12H2,1H3,(H,17,18,20). The average molecular weight is 307 g/mol. The number of unbranched alkanes of at least 4 members (excludes halogenated alkanes) is 1. The monoisotopic (exact) mass is 307 g/mol. The minimum absolute atomic E-state index is 0.0855. The van der Waals surface area contributed by atoms with Crippen LogP contribution in [0.3, 0.4) is 0 Å². The molecule has 0 aromatic carbocycles. The Morgan fingerprint density at radius 3 is 2.77 bits per heavy atom. The Hall–Kier alpha value is -1.85. The highest BCUT2D eigenvalue weighted by molar-refractivity contribution is 5.94. The molecular formula is C16H25N3O3. The molecule has 1 saturated carbocycles. The molecule has 6 nitrogen and oxygen atoms in total. The number of amides is 2. The Morgan fingerprint density at radius 2 is 2.14 bits per heavy atom. The van der Waals surface area contributed by atoms with Gasteiger partial charge in [-0.15, -0.1) is 0 Å². The maximum atomic E-state index is 12.7. The average Bonchev–Trinajstić information content (AvgIpc) is 3.04. The van der Waals surface area contributed by atoms with E-state index >= 15 is 0 Å². The summed E-state index contributed by atoms with van der Waals surface area (Å²) in [4.78, 5) is 26.4. The Balaban J connectivity index is 1.92. The van der Waals surface area contributed by atoms with Crippen molar-refractivity contribution in [2.24, 2.45) is 5.92 Å². The Bertz CT molecular complexity index is 467. The molecule has 0 atom stereocenters. The van der Waals surface area contributed by atoms with Gasteiger partial charge in [-0.1, -0.05) is 37.8 Å². The van der Waals surface area contributed by atoms with Crippen LogP contribution in [0.4, 0.5) is 5.82 Å². The molecule has 122 valence electrons. The Kier molecular flexibility index (Phi) is 6.43. The summed E-state index contributed by atoms with van der Waals surface area (Å²) in [5, 5.41) is 6.30. The third-order valence-corrected chi connectivity index (χ3v) is 4.09. The molecule has 1 aliphatic rings. The number of hydrogen-bond acceptors (Lipinski definition) is 4. The smallest absolute Gasteiger partial charge is 0.245 e. The SMILES string of the molecule is CCCCN(CC(=O)Nc1ccon1)C(=O)C1CCCCC1. The van der Waals surface area contributed by atoms with Crippen LogP contribution in [0.15, 0.2) is 16.9 Å². The molecule has 1 aromatic rings. The van der Waals surface area contributed by atoms with Gasteiger partial charge >= 0.3 is 0 Å². The van der Waals surface area contributed by atoms with Crippen LogP contribution in [0.1, 0.15) is 51.9 Å². The molecule has 1 aromatic heterocycles. The van der Waals surface area contributed by atoms with Crippen LogP contribution in [0.2, 0.25) is 0 Å². The number of nitrogens with one attached hydrogen (secondary N) is 1. The predicted octanol–water partition coefficient (Wildman–Crippen LogP) is 2.82. The number of carbonyl (C=O) groups is 2. The van der Waals surface area contributed by atoms with E-state index in [0.29, 0.717) is 12.4 Å². The van der Waals surface area contributed by atoms with E-state index in [1.54, 1.807) is 11.0 Å². The van der Waals surface area contributed by atoms with Gasteiger partial charge in [-0.2, -0.15) is 0 Å². The molecule has 1 fully saturated rings. The van der Waals surface area contributed by atoms with Gasteiger partial charge in [0.25, 0.3) is 0 Å². The Labute approximate surface area is 131 Å². The van der Waals surface area contributed by atoms with E-state index in [-0.39, 0.29) is 24.3 Å². The van der Waals surface area contributed by atoms with E-state index in [0.717, 1.165) is 38.5 Å². The highest BCUT2D eigenvalue weighted by atomic mass is 16.5. The molecule has 0 bridgehead atoms. The molecular weight excluding hydrogens is 282 g/mol. The number of nitrogens with zero attached hydrogens (tertiary/aromatic N) is 2. The zero-order valence-electron chi connectivity index (χ0n) is 13.2. The summed E-state index contributed by atoms with van der Waals surface area (Å²) >= 11 is 0. The molecule has 0 spiro atoms. The zero-order chi connectivity index (χ0) is 15.8. The third kappa shape index (κ3) is 4.86. The van der Waals surface area contributed by atoms with Crippen LogP contribution >= 0.6 is 0 Å². The molecule has 0 unspecified atom stereocenters. The summed E-state index contributed by atoms with van der Waals surface area (Å²) in [7, 11) is 0. The molecule has 0 saturated heterocycles. The van der Waals surface area contributed by atoms with Crippen LogP contribution in [0.25, 0.3) is 0 Å². The van der Waals surface area contributed by atoms with E-state index in [4.69, 9.17) is 0 Å². The minimum atomic E-state index is -0.228. The van der Waals surface area contributed by atoms with E-state index < -0.39 is 0 Å². The molecule has 0 aliphatic heterocycles. The summed E-state index contributed by atoms with van der Waals surface area (Å²) in [6.07, 6.45) is 8.66. The van der Waals surface area contributed by atoms with Crippen LogP contribution in [0, 0.1) is 5.92 Å². The third-order valence-electron chi connectivity index (χ3n) is 4.09. The summed E-state index contributed by atoms with van der Waals surface area (Å²) in [5.74, 6) is 0.369. The summed E-state index contributed by atoms with van der Waals surface area (Å²) in [6.45, 7) is 2.80. The maximum Gasteiger partial charge on any atom is 0.245 e. The van der Waals surface area contributed by atoms with Gasteiger partial charge in [0.15, 0.2) is 5.82 Å². The molecule has 1 N–H and O–H groups in total. The van der Waals surface area contributed by atoms with E-state index in [1.807, 2.05) is 0 Å². The first kappa shape index (κ1) is 16.5. The number of hydrogen-bond donors (Lipinski definition) is 1. The lowest BCUT2D eigenvalue weighted by atomic mass is 9.88. The second kappa shape index (κ2) is 8.56. The van der Waals surface area contributed by atoms with Crippen molar-refractivity contribution in [2.45, 2.75) is 51.9 Å². The van der Waals surface area contributed by atoms with Gasteiger partial charge in [-0.05, 0) is 19.3 Å². The first-order chi connectivity index (χ1) is 10.7. The van der Waals surface area contributed by atoms with Crippen LogP contribution in [0.5, 0.6) is 0 Å². The van der Waals surface area contributed by atoms with E-state index in [9.17, 15) is 9.59 Å². The van der Waals surface area contributed by atoms with Crippen molar-refractivity contribution in [2.75, 3.05) is 18.4 Å². The van der Waals surface area contributed by atoms with E-state index in [2.05, 4.69) is 21.9 Å². The number of anilines is 1. The van der Waals surface area contributed by atoms with Gasteiger partial charge in [0.1, 0.15) is 6.26 Å². The van der Waals surface area contributed by atoms with Gasteiger partial charge in [0.2, 0.25) is 11.8 Å². The maximum absolute atomic E-state index is 12.7. The van der Waals surface area contributed by atoms with Crippen LogP contribution in [-0.4, -0.2) is 35.0 Å². The summed E-state index contributed by atoms with van der Waals surface area (Å²) in [5.41, 5.74) is 0. The van der Waals surface area contributed by atoms with Crippen molar-refractivity contribution in [1.82, 2.24) is 10.1 Å². The van der Waals surface area contributed by atoms with Crippen molar-refractivity contribution >= 4 is 17.6 Å². The van der Waals surface area contributed by atoms with Crippen molar-refractivity contribution in [1.29, 1.82) is 0 Å². The molecule has 2 rings (SSSR count). The zero-order valence-corrected chi connectivity index (χ0v) is 13.2.